The summed E-state index contributed by atoms with van der Waals surface area (Å²) in [6.45, 7) is 1.97. The largest absolute Gasteiger partial charge is 0.398 e. The highest BCUT2D eigenvalue weighted by molar-refractivity contribution is 6.31. The number of hydrogen-bond acceptors (Lipinski definition) is 3. The van der Waals surface area contributed by atoms with Gasteiger partial charge in [0.1, 0.15) is 0 Å². The van der Waals surface area contributed by atoms with E-state index in [0.29, 0.717) is 16.3 Å². The zero-order valence-corrected chi connectivity index (χ0v) is 11.2. The highest BCUT2D eigenvalue weighted by Gasteiger charge is 2.20. The fourth-order valence-electron chi connectivity index (χ4n) is 2.27. The number of likely N-dealkylation sites (N-methyl/N-ethyl adjacent to an activating group) is 1. The fourth-order valence-corrected chi connectivity index (χ4v) is 2.44. The Hall–Kier alpha value is -1.26. The molecule has 0 saturated carbocycles. The van der Waals surface area contributed by atoms with Crippen molar-refractivity contribution in [2.45, 2.75) is 18.9 Å². The Balaban J connectivity index is 2.05. The Morgan fingerprint density at radius 3 is 3.06 bits per heavy atom. The molecule has 1 aromatic carbocycles. The third-order valence-electron chi connectivity index (χ3n) is 3.22. The SMILES string of the molecule is CN1CCCC(NC(=O)c2cc(Cl)ccc2N)C1. The summed E-state index contributed by atoms with van der Waals surface area (Å²) >= 11 is 5.88. The molecule has 18 heavy (non-hydrogen) atoms. The molecule has 1 fully saturated rings. The summed E-state index contributed by atoms with van der Waals surface area (Å²) in [4.78, 5) is 14.3. The monoisotopic (exact) mass is 267 g/mol. The van der Waals surface area contributed by atoms with Gasteiger partial charge in [-0.3, -0.25) is 4.79 Å². The van der Waals surface area contributed by atoms with E-state index in [1.165, 1.54) is 0 Å². The first kappa shape index (κ1) is 13.2. The van der Waals surface area contributed by atoms with E-state index in [0.717, 1.165) is 25.9 Å². The molecule has 0 spiro atoms. The number of hydrogen-bond donors (Lipinski definition) is 2. The molecular formula is C13H18ClN3O. The number of rotatable bonds is 2. The molecule has 98 valence electrons. The van der Waals surface area contributed by atoms with Crippen molar-refractivity contribution < 1.29 is 4.79 Å². The number of nitrogens with one attached hydrogen (secondary N) is 1. The fraction of sp³-hybridized carbons (Fsp3) is 0.462. The van der Waals surface area contributed by atoms with Gasteiger partial charge < -0.3 is 16.0 Å². The van der Waals surface area contributed by atoms with E-state index >= 15 is 0 Å². The van der Waals surface area contributed by atoms with Crippen LogP contribution in [0.25, 0.3) is 0 Å². The lowest BCUT2D eigenvalue weighted by Gasteiger charge is -2.30. The van der Waals surface area contributed by atoms with Crippen LogP contribution in [0.5, 0.6) is 0 Å². The minimum absolute atomic E-state index is 0.143. The smallest absolute Gasteiger partial charge is 0.253 e. The Labute approximate surface area is 112 Å². The summed E-state index contributed by atoms with van der Waals surface area (Å²) in [5.41, 5.74) is 6.71. The lowest BCUT2D eigenvalue weighted by Crippen LogP contribution is -2.46. The highest BCUT2D eigenvalue weighted by atomic mass is 35.5. The van der Waals surface area contributed by atoms with Gasteiger partial charge in [-0.15, -0.1) is 0 Å². The number of likely N-dealkylation sites (tertiary alicyclic amines) is 1. The average Bonchev–Trinajstić information content (AvgIpc) is 2.32. The van der Waals surface area contributed by atoms with Gasteiger partial charge in [-0.25, -0.2) is 0 Å². The van der Waals surface area contributed by atoms with Crippen LogP contribution in [-0.4, -0.2) is 37.0 Å². The van der Waals surface area contributed by atoms with Gasteiger partial charge >= 0.3 is 0 Å². The molecule has 0 bridgehead atoms. The summed E-state index contributed by atoms with van der Waals surface area (Å²) in [5.74, 6) is -0.143. The molecule has 0 aliphatic carbocycles. The van der Waals surface area contributed by atoms with Crippen molar-refractivity contribution in [1.29, 1.82) is 0 Å². The van der Waals surface area contributed by atoms with Crippen molar-refractivity contribution in [3.63, 3.8) is 0 Å². The molecule has 5 heteroatoms. The van der Waals surface area contributed by atoms with Crippen LogP contribution in [0.2, 0.25) is 5.02 Å². The molecular weight excluding hydrogens is 250 g/mol. The number of nitrogen functional groups attached to an aromatic ring is 1. The number of nitrogens with zero attached hydrogens (tertiary/aromatic N) is 1. The van der Waals surface area contributed by atoms with E-state index in [4.69, 9.17) is 17.3 Å². The van der Waals surface area contributed by atoms with Gasteiger partial charge in [0.25, 0.3) is 5.91 Å². The second kappa shape index (κ2) is 5.59. The van der Waals surface area contributed by atoms with Gasteiger partial charge in [0.05, 0.1) is 5.56 Å². The van der Waals surface area contributed by atoms with Gasteiger partial charge in [0.15, 0.2) is 0 Å². The summed E-state index contributed by atoms with van der Waals surface area (Å²) in [5, 5.41) is 3.54. The first-order chi connectivity index (χ1) is 8.56. The standard InChI is InChI=1S/C13H18ClN3O/c1-17-6-2-3-10(8-17)16-13(18)11-7-9(14)4-5-12(11)15/h4-5,7,10H,2-3,6,8,15H2,1H3,(H,16,18). The Morgan fingerprint density at radius 2 is 2.33 bits per heavy atom. The molecule has 0 aromatic heterocycles. The number of benzene rings is 1. The molecule has 1 aromatic rings. The van der Waals surface area contributed by atoms with Crippen LogP contribution < -0.4 is 11.1 Å². The van der Waals surface area contributed by atoms with Crippen molar-refractivity contribution in [1.82, 2.24) is 10.2 Å². The lowest BCUT2D eigenvalue weighted by atomic mass is 10.1. The zero-order chi connectivity index (χ0) is 13.1. The minimum atomic E-state index is -0.143. The van der Waals surface area contributed by atoms with E-state index in [1.807, 2.05) is 0 Å². The maximum Gasteiger partial charge on any atom is 0.253 e. The van der Waals surface area contributed by atoms with Gasteiger partial charge in [-0.2, -0.15) is 0 Å². The molecule has 1 amide bonds. The van der Waals surface area contributed by atoms with Crippen LogP contribution in [0.1, 0.15) is 23.2 Å². The molecule has 1 heterocycles. The van der Waals surface area contributed by atoms with Gasteiger partial charge in [0, 0.05) is 23.3 Å². The van der Waals surface area contributed by atoms with E-state index in [-0.39, 0.29) is 11.9 Å². The van der Waals surface area contributed by atoms with Crippen LogP contribution in [-0.2, 0) is 0 Å². The molecule has 1 aliphatic heterocycles. The highest BCUT2D eigenvalue weighted by Crippen LogP contribution is 2.18. The quantitative estimate of drug-likeness (QED) is 0.803. The van der Waals surface area contributed by atoms with Gasteiger partial charge in [0.2, 0.25) is 0 Å². The van der Waals surface area contributed by atoms with E-state index in [1.54, 1.807) is 18.2 Å². The van der Waals surface area contributed by atoms with Crippen molar-refractivity contribution >= 4 is 23.2 Å². The molecule has 2 rings (SSSR count). The normalized spacial score (nSPS) is 20.7. The Kier molecular flexibility index (Phi) is 4.09. The van der Waals surface area contributed by atoms with Crippen LogP contribution in [0, 0.1) is 0 Å². The number of carbonyl (C=O) groups is 1. The first-order valence-corrected chi connectivity index (χ1v) is 6.48. The number of nitrogens with two attached hydrogens (primary N) is 1. The van der Waals surface area contributed by atoms with Crippen molar-refractivity contribution in [2.24, 2.45) is 0 Å². The predicted octanol–water partition coefficient (Wildman–Crippen LogP) is 1.75. The maximum atomic E-state index is 12.1. The third kappa shape index (κ3) is 3.15. The molecule has 3 N–H and O–H groups in total. The molecule has 0 radical (unpaired) electrons. The van der Waals surface area contributed by atoms with Crippen molar-refractivity contribution in [2.75, 3.05) is 25.9 Å². The average molecular weight is 268 g/mol. The first-order valence-electron chi connectivity index (χ1n) is 6.10. The van der Waals surface area contributed by atoms with Crippen molar-refractivity contribution in [3.05, 3.63) is 28.8 Å². The number of halogens is 1. The topological polar surface area (TPSA) is 58.4 Å². The molecule has 1 atom stereocenters. The van der Waals surface area contributed by atoms with E-state index in [2.05, 4.69) is 17.3 Å². The summed E-state index contributed by atoms with van der Waals surface area (Å²) in [7, 11) is 2.06. The minimum Gasteiger partial charge on any atom is -0.398 e. The molecule has 1 unspecified atom stereocenters. The summed E-state index contributed by atoms with van der Waals surface area (Å²) < 4.78 is 0. The summed E-state index contributed by atoms with van der Waals surface area (Å²) in [6.07, 6.45) is 2.11. The number of anilines is 1. The maximum absolute atomic E-state index is 12.1. The van der Waals surface area contributed by atoms with Crippen LogP contribution in [0.15, 0.2) is 18.2 Å². The van der Waals surface area contributed by atoms with Crippen LogP contribution >= 0.6 is 11.6 Å². The number of amides is 1. The Morgan fingerprint density at radius 1 is 1.56 bits per heavy atom. The second-order valence-corrected chi connectivity index (χ2v) is 5.24. The predicted molar refractivity (Wildman–Crippen MR) is 73.8 cm³/mol. The van der Waals surface area contributed by atoms with Crippen LogP contribution in [0.3, 0.4) is 0 Å². The van der Waals surface area contributed by atoms with Gasteiger partial charge in [-0.05, 0) is 44.6 Å². The molecule has 4 nitrogen and oxygen atoms in total. The van der Waals surface area contributed by atoms with Crippen LogP contribution in [0.4, 0.5) is 5.69 Å². The van der Waals surface area contributed by atoms with Gasteiger partial charge in [-0.1, -0.05) is 11.6 Å². The zero-order valence-electron chi connectivity index (χ0n) is 10.4. The van der Waals surface area contributed by atoms with E-state index < -0.39 is 0 Å². The third-order valence-corrected chi connectivity index (χ3v) is 3.45. The lowest BCUT2D eigenvalue weighted by molar-refractivity contribution is 0.0913. The number of carbonyl (C=O) groups excluding carboxylic acids is 1. The van der Waals surface area contributed by atoms with Crippen molar-refractivity contribution in [3.8, 4) is 0 Å². The summed E-state index contributed by atoms with van der Waals surface area (Å²) in [6, 6.07) is 5.14. The molecule has 1 saturated heterocycles. The number of piperidine rings is 1. The van der Waals surface area contributed by atoms with E-state index in [9.17, 15) is 4.79 Å². The second-order valence-electron chi connectivity index (χ2n) is 4.81. The molecule has 1 aliphatic rings. The Bertz CT molecular complexity index is 450.